The maximum absolute atomic E-state index is 13.2. The molecule has 0 radical (unpaired) electrons. The van der Waals surface area contributed by atoms with E-state index in [-0.39, 0.29) is 12.2 Å². The number of carbonyl (C=O) groups excluding carboxylic acids is 2. The van der Waals surface area contributed by atoms with Gasteiger partial charge < -0.3 is 10.0 Å². The summed E-state index contributed by atoms with van der Waals surface area (Å²) < 4.78 is 0.748. The van der Waals surface area contributed by atoms with Crippen molar-refractivity contribution in [3.63, 3.8) is 0 Å². The second kappa shape index (κ2) is 7.03. The standard InChI is InChI=1S/C21H16BrNO3S/c22-15-8-9-18-17(11-15)21(26,12-19(24)14-5-2-1-3-6-14)20(25)23(18)13-16-7-4-10-27-16/h1-11,26H,12-13H2. The number of ketones is 1. The highest BCUT2D eigenvalue weighted by Crippen LogP contribution is 2.45. The Morgan fingerprint density at radius 1 is 1.11 bits per heavy atom. The molecule has 1 aromatic heterocycles. The topological polar surface area (TPSA) is 57.6 Å². The number of fused-ring (bicyclic) bond motifs is 1. The van der Waals surface area contributed by atoms with Crippen LogP contribution in [-0.2, 0) is 16.9 Å². The van der Waals surface area contributed by atoms with Crippen LogP contribution in [0.15, 0.2) is 70.5 Å². The van der Waals surface area contributed by atoms with E-state index in [0.717, 1.165) is 9.35 Å². The fourth-order valence-corrected chi connectivity index (χ4v) is 4.42. The van der Waals surface area contributed by atoms with Crippen LogP contribution in [0.5, 0.6) is 0 Å². The molecular formula is C21H16BrNO3S. The second-order valence-corrected chi connectivity index (χ2v) is 8.41. The molecule has 4 rings (SSSR count). The lowest BCUT2D eigenvalue weighted by atomic mass is 9.88. The number of halogens is 1. The lowest BCUT2D eigenvalue weighted by molar-refractivity contribution is -0.136. The van der Waals surface area contributed by atoms with Crippen molar-refractivity contribution in [3.05, 3.63) is 86.5 Å². The molecule has 0 spiro atoms. The predicted molar refractivity (Wildman–Crippen MR) is 109 cm³/mol. The molecule has 4 nitrogen and oxygen atoms in total. The Kier molecular flexibility index (Phi) is 4.72. The molecule has 2 aromatic carbocycles. The summed E-state index contributed by atoms with van der Waals surface area (Å²) in [6.45, 7) is 0.368. The van der Waals surface area contributed by atoms with Gasteiger partial charge in [0, 0.05) is 20.5 Å². The van der Waals surface area contributed by atoms with E-state index in [2.05, 4.69) is 15.9 Å². The minimum Gasteiger partial charge on any atom is -0.375 e. The van der Waals surface area contributed by atoms with Gasteiger partial charge in [0.1, 0.15) is 0 Å². The number of carbonyl (C=O) groups is 2. The fourth-order valence-electron chi connectivity index (χ4n) is 3.37. The Morgan fingerprint density at radius 3 is 2.59 bits per heavy atom. The van der Waals surface area contributed by atoms with Gasteiger partial charge in [0.2, 0.25) is 0 Å². The Balaban J connectivity index is 1.73. The van der Waals surface area contributed by atoms with E-state index in [4.69, 9.17) is 0 Å². The molecule has 1 N–H and O–H groups in total. The van der Waals surface area contributed by atoms with Crippen LogP contribution in [0.2, 0.25) is 0 Å². The van der Waals surface area contributed by atoms with E-state index in [9.17, 15) is 14.7 Å². The maximum atomic E-state index is 13.2. The molecule has 1 aliphatic rings. The number of amides is 1. The number of aliphatic hydroxyl groups is 1. The Morgan fingerprint density at radius 2 is 1.89 bits per heavy atom. The number of hydrogen-bond donors (Lipinski definition) is 1. The summed E-state index contributed by atoms with van der Waals surface area (Å²) in [6.07, 6.45) is -0.291. The fraction of sp³-hybridized carbons (Fsp3) is 0.143. The first-order valence-corrected chi connectivity index (χ1v) is 10.1. The summed E-state index contributed by atoms with van der Waals surface area (Å²) in [5.41, 5.74) is -0.293. The first kappa shape index (κ1) is 18.1. The van der Waals surface area contributed by atoms with Gasteiger partial charge in [-0.05, 0) is 29.6 Å². The van der Waals surface area contributed by atoms with E-state index >= 15 is 0 Å². The molecule has 136 valence electrons. The van der Waals surface area contributed by atoms with Crippen LogP contribution in [0.4, 0.5) is 5.69 Å². The molecule has 1 aliphatic heterocycles. The lowest BCUT2D eigenvalue weighted by Crippen LogP contribution is -2.41. The van der Waals surface area contributed by atoms with E-state index in [1.54, 1.807) is 52.6 Å². The van der Waals surface area contributed by atoms with Gasteiger partial charge >= 0.3 is 0 Å². The van der Waals surface area contributed by atoms with E-state index in [1.165, 1.54) is 0 Å². The SMILES string of the molecule is O=C(CC1(O)C(=O)N(Cc2cccs2)c2ccc(Br)cc21)c1ccccc1. The first-order chi connectivity index (χ1) is 13.0. The summed E-state index contributed by atoms with van der Waals surface area (Å²) in [6, 6.07) is 18.0. The highest BCUT2D eigenvalue weighted by Gasteiger charge is 2.51. The van der Waals surface area contributed by atoms with Gasteiger partial charge in [0.05, 0.1) is 18.7 Å². The molecule has 0 aliphatic carbocycles. The number of thiophene rings is 1. The third-order valence-electron chi connectivity index (χ3n) is 4.70. The van der Waals surface area contributed by atoms with Crippen LogP contribution in [-0.4, -0.2) is 16.8 Å². The van der Waals surface area contributed by atoms with Gasteiger partial charge in [-0.3, -0.25) is 9.59 Å². The van der Waals surface area contributed by atoms with Crippen LogP contribution < -0.4 is 4.90 Å². The van der Waals surface area contributed by atoms with Gasteiger partial charge in [-0.15, -0.1) is 11.3 Å². The number of benzene rings is 2. The minimum atomic E-state index is -1.87. The van der Waals surface area contributed by atoms with Crippen molar-refractivity contribution < 1.29 is 14.7 Å². The maximum Gasteiger partial charge on any atom is 0.264 e. The molecular weight excluding hydrogens is 426 g/mol. The zero-order chi connectivity index (χ0) is 19.0. The summed E-state index contributed by atoms with van der Waals surface area (Å²) in [5, 5.41) is 13.3. The molecule has 1 atom stereocenters. The Bertz CT molecular complexity index is 1000. The van der Waals surface area contributed by atoms with Crippen molar-refractivity contribution in [1.82, 2.24) is 0 Å². The third kappa shape index (κ3) is 3.25. The number of hydrogen-bond acceptors (Lipinski definition) is 4. The van der Waals surface area contributed by atoms with Crippen LogP contribution in [0.3, 0.4) is 0 Å². The molecule has 0 bridgehead atoms. The van der Waals surface area contributed by atoms with Crippen molar-refractivity contribution in [2.24, 2.45) is 0 Å². The number of Topliss-reactive ketones (excluding diaryl/α,β-unsaturated/α-hetero) is 1. The van der Waals surface area contributed by atoms with Gasteiger partial charge in [0.15, 0.2) is 11.4 Å². The molecule has 3 aromatic rings. The number of nitrogens with zero attached hydrogens (tertiary/aromatic N) is 1. The Labute approximate surface area is 169 Å². The van der Waals surface area contributed by atoms with Crippen molar-refractivity contribution in [3.8, 4) is 0 Å². The average molecular weight is 442 g/mol. The van der Waals surface area contributed by atoms with Gasteiger partial charge in [-0.25, -0.2) is 0 Å². The monoisotopic (exact) mass is 441 g/mol. The highest BCUT2D eigenvalue weighted by molar-refractivity contribution is 9.10. The number of rotatable bonds is 5. The highest BCUT2D eigenvalue weighted by atomic mass is 79.9. The smallest absolute Gasteiger partial charge is 0.264 e. The molecule has 0 saturated heterocycles. The van der Waals surface area contributed by atoms with Crippen LogP contribution in [0.25, 0.3) is 0 Å². The molecule has 1 unspecified atom stereocenters. The van der Waals surface area contributed by atoms with Crippen molar-refractivity contribution >= 4 is 44.6 Å². The molecule has 27 heavy (non-hydrogen) atoms. The second-order valence-electron chi connectivity index (χ2n) is 6.46. The molecule has 6 heteroatoms. The van der Waals surface area contributed by atoms with E-state index in [1.807, 2.05) is 29.6 Å². The molecule has 0 fully saturated rings. The van der Waals surface area contributed by atoms with Crippen molar-refractivity contribution in [2.75, 3.05) is 4.90 Å². The first-order valence-electron chi connectivity index (χ1n) is 8.44. The van der Waals surface area contributed by atoms with Crippen LogP contribution >= 0.6 is 27.3 Å². The summed E-state index contributed by atoms with van der Waals surface area (Å²) in [5.74, 6) is -0.733. The van der Waals surface area contributed by atoms with Crippen molar-refractivity contribution in [1.29, 1.82) is 0 Å². The zero-order valence-electron chi connectivity index (χ0n) is 14.3. The van der Waals surface area contributed by atoms with Crippen molar-refractivity contribution in [2.45, 2.75) is 18.6 Å². The largest absolute Gasteiger partial charge is 0.375 e. The summed E-state index contributed by atoms with van der Waals surface area (Å²) in [7, 11) is 0. The zero-order valence-corrected chi connectivity index (χ0v) is 16.7. The number of anilines is 1. The van der Waals surface area contributed by atoms with E-state index < -0.39 is 11.5 Å². The third-order valence-corrected chi connectivity index (χ3v) is 6.05. The van der Waals surface area contributed by atoms with Crippen LogP contribution in [0, 0.1) is 0 Å². The summed E-state index contributed by atoms with van der Waals surface area (Å²) in [4.78, 5) is 28.5. The predicted octanol–water partition coefficient (Wildman–Crippen LogP) is 4.52. The van der Waals surface area contributed by atoms with Crippen LogP contribution in [0.1, 0.15) is 27.2 Å². The quantitative estimate of drug-likeness (QED) is 0.592. The van der Waals surface area contributed by atoms with Gasteiger partial charge in [-0.1, -0.05) is 52.3 Å². The normalized spacial score (nSPS) is 18.6. The molecule has 0 saturated carbocycles. The summed E-state index contributed by atoms with van der Waals surface area (Å²) >= 11 is 4.95. The van der Waals surface area contributed by atoms with E-state index in [0.29, 0.717) is 23.4 Å². The van der Waals surface area contributed by atoms with Gasteiger partial charge in [0.25, 0.3) is 5.91 Å². The molecule has 2 heterocycles. The molecule has 1 amide bonds. The Hall–Kier alpha value is -2.28. The average Bonchev–Trinajstić information content (AvgIpc) is 3.25. The minimum absolute atomic E-state index is 0.268. The van der Waals surface area contributed by atoms with Gasteiger partial charge in [-0.2, -0.15) is 0 Å². The lowest BCUT2D eigenvalue weighted by Gasteiger charge is -2.22.